The maximum atomic E-state index is 12.9. The number of carboxylic acid groups (broad SMARTS) is 1. The highest BCUT2D eigenvalue weighted by molar-refractivity contribution is 7.19. The van der Waals surface area contributed by atoms with Crippen LogP contribution in [0.1, 0.15) is 40.6 Å². The Balaban J connectivity index is 0.000000150. The van der Waals surface area contributed by atoms with Gasteiger partial charge in [-0.15, -0.1) is 32.9 Å². The molecule has 0 fully saturated rings. The molecule has 0 bridgehead atoms. The van der Waals surface area contributed by atoms with Gasteiger partial charge in [0.2, 0.25) is 5.91 Å². The molecule has 6 aromatic heterocycles. The van der Waals surface area contributed by atoms with Crippen LogP contribution in [0.3, 0.4) is 0 Å². The molecule has 8 aromatic rings. The second kappa shape index (κ2) is 15.9. The number of aromatic nitrogens is 8. The Kier molecular flexibility index (Phi) is 10.4. The van der Waals surface area contributed by atoms with Gasteiger partial charge < -0.3 is 25.7 Å². The number of amides is 1. The van der Waals surface area contributed by atoms with Gasteiger partial charge in [0.15, 0.2) is 0 Å². The fourth-order valence-corrected chi connectivity index (χ4v) is 11.4. The number of carboxylic acids is 1. The van der Waals surface area contributed by atoms with Crippen molar-refractivity contribution in [3.8, 4) is 0 Å². The third kappa shape index (κ3) is 7.36. The Morgan fingerprint density at radius 2 is 1.30 bits per heavy atom. The van der Waals surface area contributed by atoms with E-state index in [1.807, 2.05) is 43.3 Å². The van der Waals surface area contributed by atoms with Gasteiger partial charge in [-0.3, -0.25) is 9.59 Å². The molecule has 0 aliphatic heterocycles. The van der Waals surface area contributed by atoms with Crippen molar-refractivity contribution in [3.63, 3.8) is 0 Å². The Labute approximate surface area is 341 Å². The average Bonchev–Trinajstić information content (AvgIpc) is 4.04. The number of benzene rings is 2. The van der Waals surface area contributed by atoms with Gasteiger partial charge in [0, 0.05) is 40.1 Å². The molecule has 15 nitrogen and oxygen atoms in total. The van der Waals surface area contributed by atoms with Gasteiger partial charge in [-0.25, -0.2) is 19.9 Å². The van der Waals surface area contributed by atoms with Gasteiger partial charge in [0.05, 0.1) is 32.7 Å². The monoisotopic (exact) mass is 837 g/mol. The summed E-state index contributed by atoms with van der Waals surface area (Å²) in [5, 5.41) is 35.6. The number of nitrogens with zero attached hydrogens (tertiary/aromatic N) is 9. The standard InChI is InChI=1S/C21H22N6O2S2.C17H13N5O2S2/c1-2-27(7-8-28)21(29)12-3-5-14-16(9-12)30-20-18(14)19(22-11-23-20)24-13-4-6-15-17(10-13)31-26-25-15;23-17(24)8-1-3-10-12(5-8)25-16-14(10)15(18-7-19-16)20-9-2-4-11-13(6-9)26-22-21-11/h4,6,10-12,28H,2-3,5,7-9H2,1H3,(H,22,23,24);2,4,6-8H,1,3,5H2,(H,23,24)(H,18,19,20)/t12-;8-/m00/s1. The van der Waals surface area contributed by atoms with E-state index in [1.54, 1.807) is 40.2 Å². The average molecular weight is 838 g/mol. The first-order valence-corrected chi connectivity index (χ1v) is 21.7. The predicted molar refractivity (Wildman–Crippen MR) is 224 cm³/mol. The topological polar surface area (TPSA) is 205 Å². The van der Waals surface area contributed by atoms with E-state index in [-0.39, 0.29) is 24.3 Å². The molecule has 0 saturated carbocycles. The lowest BCUT2D eigenvalue weighted by atomic mass is 9.87. The summed E-state index contributed by atoms with van der Waals surface area (Å²) in [4.78, 5) is 48.0. The molecule has 1 amide bonds. The minimum Gasteiger partial charge on any atom is -0.481 e. The zero-order chi connectivity index (χ0) is 39.0. The third-order valence-corrected chi connectivity index (χ3v) is 14.2. The van der Waals surface area contributed by atoms with Gasteiger partial charge in [-0.2, -0.15) is 0 Å². The molecule has 2 aliphatic carbocycles. The summed E-state index contributed by atoms with van der Waals surface area (Å²) < 4.78 is 9.99. The van der Waals surface area contributed by atoms with Crippen molar-refractivity contribution in [2.24, 2.45) is 11.8 Å². The van der Waals surface area contributed by atoms with Gasteiger partial charge in [-0.05, 0) is 116 Å². The van der Waals surface area contributed by atoms with Crippen molar-refractivity contribution in [1.29, 1.82) is 0 Å². The van der Waals surface area contributed by atoms with E-state index in [0.29, 0.717) is 25.9 Å². The van der Waals surface area contributed by atoms with Gasteiger partial charge in [-0.1, -0.05) is 8.98 Å². The molecule has 2 aromatic carbocycles. The molecular weight excluding hydrogens is 803 g/mol. The van der Waals surface area contributed by atoms with Crippen LogP contribution >= 0.6 is 45.7 Å². The number of nitrogens with one attached hydrogen (secondary N) is 2. The minimum absolute atomic E-state index is 0.00551. The van der Waals surface area contributed by atoms with Crippen LogP contribution in [0.25, 0.3) is 40.9 Å². The van der Waals surface area contributed by atoms with Crippen molar-refractivity contribution in [3.05, 3.63) is 69.9 Å². The molecule has 290 valence electrons. The zero-order valence-corrected chi connectivity index (χ0v) is 33.8. The van der Waals surface area contributed by atoms with Crippen LogP contribution in [0.2, 0.25) is 0 Å². The molecule has 10 rings (SSSR count). The van der Waals surface area contributed by atoms with E-state index in [4.69, 9.17) is 0 Å². The lowest BCUT2D eigenvalue weighted by Gasteiger charge is -2.28. The maximum absolute atomic E-state index is 12.9. The van der Waals surface area contributed by atoms with Gasteiger partial charge >= 0.3 is 5.97 Å². The number of anilines is 4. The number of hydrogen-bond donors (Lipinski definition) is 4. The second-order valence-electron chi connectivity index (χ2n) is 13.8. The molecule has 0 unspecified atom stereocenters. The molecule has 0 spiro atoms. The number of aliphatic carboxylic acids is 1. The van der Waals surface area contributed by atoms with E-state index in [0.717, 1.165) is 94.4 Å². The number of carbonyl (C=O) groups excluding carboxylic acids is 1. The van der Waals surface area contributed by atoms with E-state index in [2.05, 4.69) is 49.7 Å². The molecule has 6 heterocycles. The van der Waals surface area contributed by atoms with Crippen molar-refractivity contribution >= 4 is 121 Å². The lowest BCUT2D eigenvalue weighted by Crippen LogP contribution is -2.39. The summed E-state index contributed by atoms with van der Waals surface area (Å²) in [6.45, 7) is 2.96. The Morgan fingerprint density at radius 3 is 1.81 bits per heavy atom. The molecule has 19 heteroatoms. The Morgan fingerprint density at radius 1 is 0.772 bits per heavy atom. The highest BCUT2D eigenvalue weighted by atomic mass is 32.1. The fourth-order valence-electron chi connectivity index (χ4n) is 7.62. The second-order valence-corrected chi connectivity index (χ2v) is 17.6. The molecule has 2 atom stereocenters. The first-order valence-electron chi connectivity index (χ1n) is 18.5. The van der Waals surface area contributed by atoms with Crippen molar-refractivity contribution in [2.75, 3.05) is 30.3 Å². The summed E-state index contributed by atoms with van der Waals surface area (Å²) >= 11 is 5.95. The Bertz CT molecular complexity index is 2780. The van der Waals surface area contributed by atoms with Crippen LogP contribution in [0, 0.1) is 11.8 Å². The van der Waals surface area contributed by atoms with E-state index < -0.39 is 5.97 Å². The summed E-state index contributed by atoms with van der Waals surface area (Å²) in [5.41, 5.74) is 6.05. The zero-order valence-electron chi connectivity index (χ0n) is 30.5. The summed E-state index contributed by atoms with van der Waals surface area (Å²) in [6, 6.07) is 11.8. The third-order valence-electron chi connectivity index (χ3n) is 10.5. The first-order chi connectivity index (χ1) is 27.9. The first kappa shape index (κ1) is 37.2. The molecule has 0 radical (unpaired) electrons. The highest BCUT2D eigenvalue weighted by Gasteiger charge is 2.32. The highest BCUT2D eigenvalue weighted by Crippen LogP contribution is 2.42. The fraction of sp³-hybridized carbons (Fsp3) is 0.316. The van der Waals surface area contributed by atoms with Crippen LogP contribution in [0.15, 0.2) is 49.1 Å². The van der Waals surface area contributed by atoms with Crippen LogP contribution in [-0.4, -0.2) is 85.8 Å². The number of likely N-dealkylation sites (N-methyl/N-ethyl adjacent to an activating group) is 1. The molecule has 0 saturated heterocycles. The smallest absolute Gasteiger partial charge is 0.306 e. The number of carbonyl (C=O) groups is 2. The molecular formula is C38H35N11O4S4. The number of rotatable bonds is 9. The van der Waals surface area contributed by atoms with Gasteiger partial charge in [0.25, 0.3) is 0 Å². The summed E-state index contributed by atoms with van der Waals surface area (Å²) in [6.07, 6.45) is 7.44. The number of aliphatic hydroxyl groups excluding tert-OH is 1. The number of hydrogen-bond acceptors (Lipinski definition) is 17. The lowest BCUT2D eigenvalue weighted by molar-refractivity contribution is -0.142. The van der Waals surface area contributed by atoms with Gasteiger partial charge in [0.1, 0.15) is 45.0 Å². The number of thiophene rings is 2. The van der Waals surface area contributed by atoms with Crippen molar-refractivity contribution < 1.29 is 19.8 Å². The minimum atomic E-state index is -0.719. The summed E-state index contributed by atoms with van der Waals surface area (Å²) in [5.74, 6) is 0.621. The molecule has 4 N–H and O–H groups in total. The SMILES string of the molecule is CCN(CCO)C(=O)[C@H]1CCc2c(sc3ncnc(Nc4ccc5nnsc5c4)c23)C1.O=C(O)[C@H]1CCc2c(sc3ncnc(Nc4ccc5nnsc5c4)c23)C1. The molecule has 2 aliphatic rings. The van der Waals surface area contributed by atoms with Crippen molar-refractivity contribution in [2.45, 2.75) is 45.4 Å². The van der Waals surface area contributed by atoms with Crippen LogP contribution in [0.4, 0.5) is 23.0 Å². The Hall–Kier alpha value is -5.34. The van der Waals surface area contributed by atoms with Crippen LogP contribution < -0.4 is 10.6 Å². The number of fused-ring (bicyclic) bond motifs is 8. The molecule has 57 heavy (non-hydrogen) atoms. The largest absolute Gasteiger partial charge is 0.481 e. The number of aliphatic hydroxyl groups is 1. The van der Waals surface area contributed by atoms with Crippen molar-refractivity contribution in [1.82, 2.24) is 44.0 Å². The summed E-state index contributed by atoms with van der Waals surface area (Å²) in [7, 11) is 0. The van der Waals surface area contributed by atoms with E-state index in [1.165, 1.54) is 39.1 Å². The maximum Gasteiger partial charge on any atom is 0.306 e. The van der Waals surface area contributed by atoms with Crippen LogP contribution in [0.5, 0.6) is 0 Å². The quantitative estimate of drug-likeness (QED) is 0.115. The van der Waals surface area contributed by atoms with Crippen LogP contribution in [-0.2, 0) is 35.3 Å². The van der Waals surface area contributed by atoms with E-state index in [9.17, 15) is 19.8 Å². The van der Waals surface area contributed by atoms with E-state index >= 15 is 0 Å². The normalized spacial score (nSPS) is 16.2. The predicted octanol–water partition coefficient (Wildman–Crippen LogP) is 7.01. The number of aryl methyl sites for hydroxylation is 2.